The SMILES string of the molecule is Nc1ccc(CS(=O)Cc2ccccc2Cl)c(Br)c1. The minimum Gasteiger partial charge on any atom is -0.399 e. The predicted molar refractivity (Wildman–Crippen MR) is 85.6 cm³/mol. The molecule has 0 radical (unpaired) electrons. The maximum Gasteiger partial charge on any atom is 0.0503 e. The Kier molecular flexibility index (Phi) is 5.02. The van der Waals surface area contributed by atoms with Gasteiger partial charge in [0.25, 0.3) is 0 Å². The number of rotatable bonds is 4. The molecule has 0 aliphatic rings. The standard InChI is InChI=1S/C14H13BrClNOS/c15-13-7-12(17)6-5-10(13)8-19(18)9-11-3-1-2-4-14(11)16/h1-7H,8-9,17H2. The van der Waals surface area contributed by atoms with Crippen molar-refractivity contribution in [2.45, 2.75) is 11.5 Å². The van der Waals surface area contributed by atoms with Crippen LogP contribution in [0.3, 0.4) is 0 Å². The molecule has 5 heteroatoms. The molecule has 0 amide bonds. The van der Waals surface area contributed by atoms with E-state index in [0.717, 1.165) is 15.6 Å². The molecule has 2 aromatic carbocycles. The van der Waals surface area contributed by atoms with Gasteiger partial charge >= 0.3 is 0 Å². The summed E-state index contributed by atoms with van der Waals surface area (Å²) < 4.78 is 13.1. The minimum absolute atomic E-state index is 0.455. The van der Waals surface area contributed by atoms with Gasteiger partial charge in [-0.3, -0.25) is 4.21 Å². The summed E-state index contributed by atoms with van der Waals surface area (Å²) in [5, 5.41) is 0.659. The van der Waals surface area contributed by atoms with E-state index in [4.69, 9.17) is 17.3 Å². The molecular formula is C14H13BrClNOS. The Labute approximate surface area is 128 Å². The highest BCUT2D eigenvalue weighted by Crippen LogP contribution is 2.23. The topological polar surface area (TPSA) is 43.1 Å². The zero-order valence-corrected chi connectivity index (χ0v) is 13.3. The number of anilines is 1. The number of hydrogen-bond donors (Lipinski definition) is 1. The first-order valence-electron chi connectivity index (χ1n) is 5.68. The van der Waals surface area contributed by atoms with Gasteiger partial charge in [0.05, 0.1) is 5.75 Å². The second-order valence-corrected chi connectivity index (χ2v) is 6.89. The van der Waals surface area contributed by atoms with Crippen molar-refractivity contribution in [2.24, 2.45) is 0 Å². The van der Waals surface area contributed by atoms with E-state index in [9.17, 15) is 4.21 Å². The normalized spacial score (nSPS) is 12.3. The Hall–Kier alpha value is -0.840. The minimum atomic E-state index is -1.00. The molecule has 100 valence electrons. The third-order valence-electron chi connectivity index (χ3n) is 2.67. The van der Waals surface area contributed by atoms with E-state index in [2.05, 4.69) is 15.9 Å². The number of nitrogens with two attached hydrogens (primary N) is 1. The van der Waals surface area contributed by atoms with E-state index in [0.29, 0.717) is 22.2 Å². The summed E-state index contributed by atoms with van der Waals surface area (Å²) in [4.78, 5) is 0. The molecule has 0 saturated heterocycles. The third-order valence-corrected chi connectivity index (χ3v) is 5.04. The van der Waals surface area contributed by atoms with Crippen LogP contribution in [0.2, 0.25) is 5.02 Å². The zero-order valence-electron chi connectivity index (χ0n) is 10.1. The maximum absolute atomic E-state index is 12.2. The Morgan fingerprint density at radius 2 is 1.79 bits per heavy atom. The second-order valence-electron chi connectivity index (χ2n) is 4.17. The van der Waals surface area contributed by atoms with Crippen molar-refractivity contribution in [1.29, 1.82) is 0 Å². The molecule has 2 rings (SSSR count). The lowest BCUT2D eigenvalue weighted by molar-refractivity contribution is 0.682. The van der Waals surface area contributed by atoms with Gasteiger partial charge in [0.15, 0.2) is 0 Å². The molecule has 2 nitrogen and oxygen atoms in total. The Balaban J connectivity index is 2.08. The van der Waals surface area contributed by atoms with Gasteiger partial charge < -0.3 is 5.73 Å². The van der Waals surface area contributed by atoms with Gasteiger partial charge in [0, 0.05) is 31.7 Å². The quantitative estimate of drug-likeness (QED) is 0.835. The summed E-state index contributed by atoms with van der Waals surface area (Å²) in [7, 11) is -1.00. The van der Waals surface area contributed by atoms with E-state index in [1.54, 1.807) is 0 Å². The van der Waals surface area contributed by atoms with E-state index in [1.807, 2.05) is 42.5 Å². The van der Waals surface area contributed by atoms with Crippen molar-refractivity contribution in [1.82, 2.24) is 0 Å². The van der Waals surface area contributed by atoms with Crippen LogP contribution < -0.4 is 5.73 Å². The van der Waals surface area contributed by atoms with Crippen LogP contribution in [0.25, 0.3) is 0 Å². The van der Waals surface area contributed by atoms with E-state index in [-0.39, 0.29) is 0 Å². The van der Waals surface area contributed by atoms with Crippen LogP contribution in [0.5, 0.6) is 0 Å². The first-order chi connectivity index (χ1) is 9.06. The van der Waals surface area contributed by atoms with Crippen molar-refractivity contribution >= 4 is 44.0 Å². The third kappa shape index (κ3) is 4.06. The fourth-order valence-corrected chi connectivity index (χ4v) is 4.00. The Bertz CT molecular complexity index is 618. The molecule has 0 fully saturated rings. The highest BCUT2D eigenvalue weighted by molar-refractivity contribution is 9.10. The number of hydrogen-bond acceptors (Lipinski definition) is 2. The van der Waals surface area contributed by atoms with Crippen molar-refractivity contribution in [3.63, 3.8) is 0 Å². The summed E-state index contributed by atoms with van der Waals surface area (Å²) >= 11 is 9.50. The summed E-state index contributed by atoms with van der Waals surface area (Å²) in [5.74, 6) is 0.933. The van der Waals surface area contributed by atoms with Crippen LogP contribution in [0.1, 0.15) is 11.1 Å². The molecule has 1 atom stereocenters. The molecule has 0 aliphatic carbocycles. The zero-order chi connectivity index (χ0) is 13.8. The number of nitrogen functional groups attached to an aromatic ring is 1. The van der Waals surface area contributed by atoms with Crippen LogP contribution in [0.4, 0.5) is 5.69 Å². The Morgan fingerprint density at radius 1 is 1.11 bits per heavy atom. The van der Waals surface area contributed by atoms with E-state index < -0.39 is 10.8 Å². The molecule has 0 aliphatic heterocycles. The fraction of sp³-hybridized carbons (Fsp3) is 0.143. The van der Waals surface area contributed by atoms with Crippen molar-refractivity contribution in [3.8, 4) is 0 Å². The van der Waals surface area contributed by atoms with E-state index >= 15 is 0 Å². The van der Waals surface area contributed by atoms with Gasteiger partial charge in [-0.05, 0) is 29.3 Å². The molecule has 0 saturated carbocycles. The largest absolute Gasteiger partial charge is 0.399 e. The van der Waals surface area contributed by atoms with Crippen LogP contribution in [-0.4, -0.2) is 4.21 Å². The number of benzene rings is 2. The Morgan fingerprint density at radius 3 is 2.47 bits per heavy atom. The van der Waals surface area contributed by atoms with E-state index in [1.165, 1.54) is 0 Å². The summed E-state index contributed by atoms with van der Waals surface area (Å²) in [6.07, 6.45) is 0. The van der Waals surface area contributed by atoms with Crippen molar-refractivity contribution < 1.29 is 4.21 Å². The lowest BCUT2D eigenvalue weighted by atomic mass is 10.2. The summed E-state index contributed by atoms with van der Waals surface area (Å²) in [5.41, 5.74) is 8.26. The molecule has 1 unspecified atom stereocenters. The molecule has 2 aromatic rings. The predicted octanol–water partition coefficient (Wildman–Crippen LogP) is 4.13. The van der Waals surface area contributed by atoms with Gasteiger partial charge in [0.2, 0.25) is 0 Å². The van der Waals surface area contributed by atoms with Gasteiger partial charge in [-0.1, -0.05) is 51.8 Å². The first kappa shape index (κ1) is 14.6. The molecule has 0 aromatic heterocycles. The van der Waals surface area contributed by atoms with Gasteiger partial charge in [-0.25, -0.2) is 0 Å². The van der Waals surface area contributed by atoms with Crippen LogP contribution >= 0.6 is 27.5 Å². The van der Waals surface area contributed by atoms with Crippen LogP contribution in [0, 0.1) is 0 Å². The van der Waals surface area contributed by atoms with Crippen LogP contribution in [-0.2, 0) is 22.3 Å². The molecule has 0 spiro atoms. The smallest absolute Gasteiger partial charge is 0.0503 e. The summed E-state index contributed by atoms with van der Waals surface area (Å²) in [6, 6.07) is 13.0. The van der Waals surface area contributed by atoms with Crippen molar-refractivity contribution in [2.75, 3.05) is 5.73 Å². The van der Waals surface area contributed by atoms with Gasteiger partial charge in [-0.15, -0.1) is 0 Å². The van der Waals surface area contributed by atoms with Crippen molar-refractivity contribution in [3.05, 3.63) is 63.1 Å². The maximum atomic E-state index is 12.2. The van der Waals surface area contributed by atoms with Gasteiger partial charge in [-0.2, -0.15) is 0 Å². The molecular weight excluding hydrogens is 346 g/mol. The molecule has 19 heavy (non-hydrogen) atoms. The number of halogens is 2. The second kappa shape index (κ2) is 6.55. The summed E-state index contributed by atoms with van der Waals surface area (Å²) in [6.45, 7) is 0. The van der Waals surface area contributed by atoms with Gasteiger partial charge in [0.1, 0.15) is 0 Å². The molecule has 0 heterocycles. The average molecular weight is 359 g/mol. The highest BCUT2D eigenvalue weighted by Gasteiger charge is 2.08. The van der Waals surface area contributed by atoms with Crippen LogP contribution in [0.15, 0.2) is 46.9 Å². The first-order valence-corrected chi connectivity index (χ1v) is 8.34. The lowest BCUT2D eigenvalue weighted by Crippen LogP contribution is -2.01. The average Bonchev–Trinajstić information content (AvgIpc) is 2.36. The highest BCUT2D eigenvalue weighted by atomic mass is 79.9. The molecule has 2 N–H and O–H groups in total. The lowest BCUT2D eigenvalue weighted by Gasteiger charge is -2.07. The fourth-order valence-electron chi connectivity index (χ4n) is 1.69. The monoisotopic (exact) mass is 357 g/mol. The molecule has 0 bridgehead atoms.